The Morgan fingerprint density at radius 1 is 0.667 bits per heavy atom. The van der Waals surface area contributed by atoms with Crippen LogP contribution < -0.4 is 5.56 Å². The van der Waals surface area contributed by atoms with Gasteiger partial charge in [-0.1, -0.05) is 78.3 Å². The van der Waals surface area contributed by atoms with Crippen LogP contribution in [0.3, 0.4) is 0 Å². The fourth-order valence-electron chi connectivity index (χ4n) is 3.14. The molecule has 1 heterocycles. The van der Waals surface area contributed by atoms with Crippen molar-refractivity contribution in [2.24, 2.45) is 0 Å². The molecule has 0 spiro atoms. The number of hydrogen-bond acceptors (Lipinski definition) is 1. The molecule has 0 fully saturated rings. The van der Waals surface area contributed by atoms with E-state index in [9.17, 15) is 4.79 Å². The van der Waals surface area contributed by atoms with Crippen LogP contribution in [-0.4, -0.2) is 4.57 Å². The van der Waals surface area contributed by atoms with Gasteiger partial charge in [-0.05, 0) is 46.0 Å². The third-order valence-electron chi connectivity index (χ3n) is 4.55. The number of aromatic nitrogens is 1. The molecule has 0 aliphatic rings. The van der Waals surface area contributed by atoms with Crippen LogP contribution in [0.25, 0.3) is 22.3 Å². The predicted octanol–water partition coefficient (Wildman–Crippen LogP) is 5.88. The first-order valence-electron chi connectivity index (χ1n) is 8.80. The molecule has 0 unspecified atom stereocenters. The van der Waals surface area contributed by atoms with Crippen molar-refractivity contribution in [3.63, 3.8) is 0 Å². The molecular formula is C24H18ClNO. The Kier molecular flexibility index (Phi) is 4.91. The topological polar surface area (TPSA) is 22.0 Å². The summed E-state index contributed by atoms with van der Waals surface area (Å²) in [5.41, 5.74) is 5.42. The first-order chi connectivity index (χ1) is 13.2. The summed E-state index contributed by atoms with van der Waals surface area (Å²) >= 11 is 6.06. The molecule has 3 aromatic carbocycles. The monoisotopic (exact) mass is 371 g/mol. The van der Waals surface area contributed by atoms with Crippen molar-refractivity contribution in [1.82, 2.24) is 4.57 Å². The van der Waals surface area contributed by atoms with E-state index in [-0.39, 0.29) is 5.56 Å². The maximum absolute atomic E-state index is 12.3. The highest BCUT2D eigenvalue weighted by Crippen LogP contribution is 2.24. The van der Waals surface area contributed by atoms with Crippen LogP contribution in [0, 0.1) is 0 Å². The number of halogens is 1. The summed E-state index contributed by atoms with van der Waals surface area (Å²) in [5, 5.41) is 0.674. The average molecular weight is 372 g/mol. The second-order valence-corrected chi connectivity index (χ2v) is 6.89. The molecule has 0 saturated carbocycles. The molecule has 27 heavy (non-hydrogen) atoms. The lowest BCUT2D eigenvalue weighted by Crippen LogP contribution is -2.19. The fraction of sp³-hybridized carbons (Fsp3) is 0.0417. The van der Waals surface area contributed by atoms with Crippen molar-refractivity contribution in [2.45, 2.75) is 6.54 Å². The van der Waals surface area contributed by atoms with Crippen LogP contribution in [-0.2, 0) is 6.54 Å². The van der Waals surface area contributed by atoms with E-state index in [4.69, 9.17) is 11.6 Å². The highest BCUT2D eigenvalue weighted by molar-refractivity contribution is 6.30. The molecule has 0 N–H and O–H groups in total. The highest BCUT2D eigenvalue weighted by Gasteiger charge is 2.04. The van der Waals surface area contributed by atoms with Crippen molar-refractivity contribution in [1.29, 1.82) is 0 Å². The Bertz CT molecular complexity index is 1110. The smallest absolute Gasteiger partial charge is 0.250 e. The van der Waals surface area contributed by atoms with E-state index >= 15 is 0 Å². The molecule has 132 valence electrons. The van der Waals surface area contributed by atoms with Crippen LogP contribution in [0.5, 0.6) is 0 Å². The Balaban J connectivity index is 1.63. The lowest BCUT2D eigenvalue weighted by Gasteiger charge is -2.10. The van der Waals surface area contributed by atoms with Crippen molar-refractivity contribution in [2.75, 3.05) is 0 Å². The van der Waals surface area contributed by atoms with Crippen molar-refractivity contribution < 1.29 is 0 Å². The summed E-state index contributed by atoms with van der Waals surface area (Å²) in [6, 6.07) is 29.7. The standard InChI is InChI=1S/C24H18ClNO/c25-23-8-4-5-18(15-23)16-26-17-22(13-14-24(26)27)21-11-9-20(10-12-21)19-6-2-1-3-7-19/h1-15,17H,16H2. The molecule has 3 heteroatoms. The average Bonchev–Trinajstić information content (AvgIpc) is 2.71. The SMILES string of the molecule is O=c1ccc(-c2ccc(-c3ccccc3)cc2)cn1Cc1cccc(Cl)c1. The van der Waals surface area contributed by atoms with Gasteiger partial charge in [-0.2, -0.15) is 0 Å². The highest BCUT2D eigenvalue weighted by atomic mass is 35.5. The van der Waals surface area contributed by atoms with Crippen molar-refractivity contribution in [3.8, 4) is 22.3 Å². The number of rotatable bonds is 4. The summed E-state index contributed by atoms with van der Waals surface area (Å²) in [7, 11) is 0. The number of benzene rings is 3. The van der Waals surface area contributed by atoms with Gasteiger partial charge < -0.3 is 4.57 Å². The van der Waals surface area contributed by atoms with E-state index < -0.39 is 0 Å². The Hall–Kier alpha value is -3.10. The third kappa shape index (κ3) is 4.02. The van der Waals surface area contributed by atoms with Gasteiger partial charge in [0.15, 0.2) is 0 Å². The lowest BCUT2D eigenvalue weighted by atomic mass is 10.0. The van der Waals surface area contributed by atoms with Crippen molar-refractivity contribution >= 4 is 11.6 Å². The molecule has 0 amide bonds. The van der Waals surface area contributed by atoms with Gasteiger partial charge in [-0.15, -0.1) is 0 Å². The summed E-state index contributed by atoms with van der Waals surface area (Å²) in [6.07, 6.45) is 1.90. The van der Waals surface area contributed by atoms with Crippen LogP contribution in [0.1, 0.15) is 5.56 Å². The molecule has 4 aromatic rings. The quantitative estimate of drug-likeness (QED) is 0.438. The van der Waals surface area contributed by atoms with E-state index in [1.54, 1.807) is 10.6 Å². The maximum Gasteiger partial charge on any atom is 0.250 e. The Morgan fingerprint density at radius 2 is 1.30 bits per heavy atom. The van der Waals surface area contributed by atoms with E-state index in [0.29, 0.717) is 11.6 Å². The van der Waals surface area contributed by atoms with Gasteiger partial charge in [-0.3, -0.25) is 4.79 Å². The zero-order valence-corrected chi connectivity index (χ0v) is 15.4. The molecule has 4 rings (SSSR count). The molecule has 0 saturated heterocycles. The summed E-state index contributed by atoms with van der Waals surface area (Å²) in [5.74, 6) is 0. The first kappa shape index (κ1) is 17.3. The van der Waals surface area contributed by atoms with Gasteiger partial charge >= 0.3 is 0 Å². The van der Waals surface area contributed by atoms with Crippen LogP contribution >= 0.6 is 11.6 Å². The molecular weight excluding hydrogens is 354 g/mol. The van der Waals surface area contributed by atoms with Gasteiger partial charge in [0.1, 0.15) is 0 Å². The van der Waals surface area contributed by atoms with E-state index in [1.807, 2.05) is 54.7 Å². The summed E-state index contributed by atoms with van der Waals surface area (Å²) in [6.45, 7) is 0.495. The minimum absolute atomic E-state index is 0.0281. The maximum atomic E-state index is 12.3. The van der Waals surface area contributed by atoms with Gasteiger partial charge in [0.25, 0.3) is 5.56 Å². The Labute approximate surface area is 163 Å². The predicted molar refractivity (Wildman–Crippen MR) is 112 cm³/mol. The van der Waals surface area contributed by atoms with Gasteiger partial charge in [-0.25, -0.2) is 0 Å². The normalized spacial score (nSPS) is 10.7. The zero-order valence-electron chi connectivity index (χ0n) is 14.7. The van der Waals surface area contributed by atoms with Gasteiger partial charge in [0.2, 0.25) is 0 Å². The summed E-state index contributed by atoms with van der Waals surface area (Å²) in [4.78, 5) is 12.3. The first-order valence-corrected chi connectivity index (χ1v) is 9.18. The van der Waals surface area contributed by atoms with Crippen molar-refractivity contribution in [3.05, 3.63) is 118 Å². The number of hydrogen-bond donors (Lipinski definition) is 0. The number of pyridine rings is 1. The second-order valence-electron chi connectivity index (χ2n) is 6.46. The molecule has 0 bridgehead atoms. The van der Waals surface area contributed by atoms with Crippen LogP contribution in [0.2, 0.25) is 5.02 Å². The molecule has 0 radical (unpaired) electrons. The zero-order chi connectivity index (χ0) is 18.6. The van der Waals surface area contributed by atoms with Gasteiger partial charge in [0, 0.05) is 17.3 Å². The third-order valence-corrected chi connectivity index (χ3v) is 4.79. The molecule has 0 atom stereocenters. The molecule has 1 aromatic heterocycles. The molecule has 2 nitrogen and oxygen atoms in total. The lowest BCUT2D eigenvalue weighted by molar-refractivity contribution is 0.761. The van der Waals surface area contributed by atoms with Crippen LogP contribution in [0.15, 0.2) is 102 Å². The molecule has 0 aliphatic heterocycles. The summed E-state index contributed by atoms with van der Waals surface area (Å²) < 4.78 is 1.71. The van der Waals surface area contributed by atoms with Gasteiger partial charge in [0.05, 0.1) is 6.54 Å². The van der Waals surface area contributed by atoms with E-state index in [0.717, 1.165) is 16.7 Å². The van der Waals surface area contributed by atoms with E-state index in [1.165, 1.54) is 11.1 Å². The largest absolute Gasteiger partial charge is 0.310 e. The number of nitrogens with zero attached hydrogens (tertiary/aromatic N) is 1. The van der Waals surface area contributed by atoms with Crippen LogP contribution in [0.4, 0.5) is 0 Å². The Morgan fingerprint density at radius 3 is 2.00 bits per heavy atom. The second kappa shape index (κ2) is 7.65. The minimum Gasteiger partial charge on any atom is -0.310 e. The fourth-order valence-corrected chi connectivity index (χ4v) is 3.36. The molecule has 0 aliphatic carbocycles. The van der Waals surface area contributed by atoms with E-state index in [2.05, 4.69) is 36.4 Å². The minimum atomic E-state index is -0.0281.